The van der Waals surface area contributed by atoms with Crippen LogP contribution in [0.5, 0.6) is 11.5 Å². The molecule has 2 amide bonds. The van der Waals surface area contributed by atoms with Crippen molar-refractivity contribution < 1.29 is 31.9 Å². The van der Waals surface area contributed by atoms with Crippen molar-refractivity contribution in [2.45, 2.75) is 44.0 Å². The summed E-state index contributed by atoms with van der Waals surface area (Å²) in [6, 6.07) is 17.5. The molecule has 9 nitrogen and oxygen atoms in total. The first-order valence-electron chi connectivity index (χ1n) is 13.7. The van der Waals surface area contributed by atoms with Crippen molar-refractivity contribution in [1.82, 2.24) is 10.2 Å². The van der Waals surface area contributed by atoms with E-state index in [0.29, 0.717) is 18.7 Å². The maximum atomic E-state index is 14.0. The van der Waals surface area contributed by atoms with Gasteiger partial charge in [-0.15, -0.1) is 0 Å². The number of carbonyl (C=O) groups is 2. The Balaban J connectivity index is 1.99. The third-order valence-electron chi connectivity index (χ3n) is 6.82. The van der Waals surface area contributed by atoms with Crippen molar-refractivity contribution in [2.75, 3.05) is 38.2 Å². The number of ether oxygens (including phenoxy) is 2. The van der Waals surface area contributed by atoms with E-state index in [1.165, 1.54) is 49.5 Å². The molecule has 3 rings (SSSR count). The number of nitrogens with one attached hydrogen (secondary N) is 1. The Kier molecular flexibility index (Phi) is 11.7. The van der Waals surface area contributed by atoms with Gasteiger partial charge in [-0.3, -0.25) is 13.9 Å². The Bertz CT molecular complexity index is 1430. The Morgan fingerprint density at radius 3 is 2.24 bits per heavy atom. The zero-order valence-corrected chi connectivity index (χ0v) is 25.2. The van der Waals surface area contributed by atoms with Gasteiger partial charge in [0.15, 0.2) is 11.5 Å². The fourth-order valence-electron chi connectivity index (χ4n) is 4.35. The Hall–Kier alpha value is -4.12. The van der Waals surface area contributed by atoms with Crippen molar-refractivity contribution in [2.24, 2.45) is 0 Å². The van der Waals surface area contributed by atoms with Crippen molar-refractivity contribution in [3.8, 4) is 11.5 Å². The Morgan fingerprint density at radius 1 is 0.952 bits per heavy atom. The number of amides is 2. The molecule has 0 fully saturated rings. The van der Waals surface area contributed by atoms with Crippen molar-refractivity contribution >= 4 is 27.5 Å². The minimum absolute atomic E-state index is 0.0857. The predicted molar refractivity (Wildman–Crippen MR) is 160 cm³/mol. The average Bonchev–Trinajstić information content (AvgIpc) is 3.00. The smallest absolute Gasteiger partial charge is 0.264 e. The molecular formula is C31H38FN3O6S. The summed E-state index contributed by atoms with van der Waals surface area (Å²) < 4.78 is 53.2. The highest BCUT2D eigenvalue weighted by molar-refractivity contribution is 7.92. The first-order chi connectivity index (χ1) is 20.1. The minimum atomic E-state index is -4.36. The van der Waals surface area contributed by atoms with Crippen LogP contribution in [0, 0.1) is 5.82 Å². The monoisotopic (exact) mass is 599 g/mol. The number of benzene rings is 3. The van der Waals surface area contributed by atoms with Crippen LogP contribution in [0.15, 0.2) is 77.7 Å². The van der Waals surface area contributed by atoms with Crippen LogP contribution in [0.4, 0.5) is 10.1 Å². The van der Waals surface area contributed by atoms with Crippen molar-refractivity contribution in [1.29, 1.82) is 0 Å². The third-order valence-corrected chi connectivity index (χ3v) is 8.59. The summed E-state index contributed by atoms with van der Waals surface area (Å²) >= 11 is 0. The predicted octanol–water partition coefficient (Wildman–Crippen LogP) is 4.41. The van der Waals surface area contributed by atoms with E-state index in [0.717, 1.165) is 34.8 Å². The largest absolute Gasteiger partial charge is 0.493 e. The maximum Gasteiger partial charge on any atom is 0.264 e. The van der Waals surface area contributed by atoms with Gasteiger partial charge in [0.05, 0.1) is 24.8 Å². The SMILES string of the molecule is CCCCNC(=O)C(C)N(CCc1ccccc1)C(=O)CN(c1ccc(F)cc1)S(=O)(=O)c1ccc(OC)c(OC)c1. The molecule has 0 radical (unpaired) electrons. The van der Waals surface area contributed by atoms with Crippen LogP contribution in [0.1, 0.15) is 32.3 Å². The lowest BCUT2D eigenvalue weighted by molar-refractivity contribution is -0.138. The summed E-state index contributed by atoms with van der Waals surface area (Å²) in [7, 11) is -1.54. The number of carbonyl (C=O) groups excluding carboxylic acids is 2. The molecule has 1 N–H and O–H groups in total. The van der Waals surface area contributed by atoms with Gasteiger partial charge in [0.25, 0.3) is 10.0 Å². The zero-order valence-electron chi connectivity index (χ0n) is 24.4. The van der Waals surface area contributed by atoms with Crippen LogP contribution in [0.3, 0.4) is 0 Å². The number of anilines is 1. The van der Waals surface area contributed by atoms with Gasteiger partial charge < -0.3 is 19.7 Å². The van der Waals surface area contributed by atoms with Crippen LogP contribution in [0.25, 0.3) is 0 Å². The number of rotatable bonds is 15. The fraction of sp³-hybridized carbons (Fsp3) is 0.355. The number of halogens is 1. The number of unbranched alkanes of at least 4 members (excludes halogenated alkanes) is 1. The lowest BCUT2D eigenvalue weighted by Gasteiger charge is -2.32. The second-order valence-electron chi connectivity index (χ2n) is 9.65. The van der Waals surface area contributed by atoms with Gasteiger partial charge in [0.1, 0.15) is 18.4 Å². The van der Waals surface area contributed by atoms with Gasteiger partial charge in [0.2, 0.25) is 11.8 Å². The van der Waals surface area contributed by atoms with Gasteiger partial charge in [0, 0.05) is 19.2 Å². The average molecular weight is 600 g/mol. The number of sulfonamides is 1. The number of nitrogens with zero attached hydrogens (tertiary/aromatic N) is 2. The molecule has 1 unspecified atom stereocenters. The van der Waals surface area contributed by atoms with Crippen LogP contribution < -0.4 is 19.1 Å². The molecule has 0 aliphatic heterocycles. The zero-order chi connectivity index (χ0) is 30.7. The van der Waals surface area contributed by atoms with Gasteiger partial charge in [-0.2, -0.15) is 0 Å². The van der Waals surface area contributed by atoms with E-state index in [-0.39, 0.29) is 28.8 Å². The molecule has 226 valence electrons. The molecule has 3 aromatic carbocycles. The maximum absolute atomic E-state index is 14.0. The lowest BCUT2D eigenvalue weighted by Crippen LogP contribution is -2.52. The summed E-state index contributed by atoms with van der Waals surface area (Å²) in [5, 5.41) is 2.86. The topological polar surface area (TPSA) is 105 Å². The van der Waals surface area contributed by atoms with Crippen molar-refractivity contribution in [3.63, 3.8) is 0 Å². The van der Waals surface area contributed by atoms with E-state index < -0.39 is 34.3 Å². The van der Waals surface area contributed by atoms with E-state index in [9.17, 15) is 22.4 Å². The number of hydrogen-bond donors (Lipinski definition) is 1. The molecule has 1 atom stereocenters. The van der Waals surface area contributed by atoms with Gasteiger partial charge in [-0.05, 0) is 61.7 Å². The van der Waals surface area contributed by atoms with Crippen LogP contribution >= 0.6 is 0 Å². The van der Waals surface area contributed by atoms with Gasteiger partial charge in [-0.25, -0.2) is 12.8 Å². The normalized spacial score (nSPS) is 11.8. The summed E-state index contributed by atoms with van der Waals surface area (Å²) in [5.41, 5.74) is 1.05. The number of hydrogen-bond acceptors (Lipinski definition) is 6. The van der Waals surface area contributed by atoms with E-state index >= 15 is 0 Å². The van der Waals surface area contributed by atoms with E-state index in [4.69, 9.17) is 9.47 Å². The van der Waals surface area contributed by atoms with E-state index in [1.54, 1.807) is 6.92 Å². The molecule has 11 heteroatoms. The summed E-state index contributed by atoms with van der Waals surface area (Å²) in [4.78, 5) is 28.2. The van der Waals surface area contributed by atoms with Crippen molar-refractivity contribution in [3.05, 3.63) is 84.2 Å². The summed E-state index contributed by atoms with van der Waals surface area (Å²) in [6.45, 7) is 3.65. The third kappa shape index (κ3) is 8.22. The fourth-order valence-corrected chi connectivity index (χ4v) is 5.78. The first kappa shape index (κ1) is 32.4. The summed E-state index contributed by atoms with van der Waals surface area (Å²) in [6.07, 6.45) is 2.14. The standard InChI is InChI=1S/C31H38FN3O6S/c1-5-6-19-33-31(37)23(2)34(20-18-24-10-8-7-9-11-24)30(36)22-35(26-14-12-25(32)13-15-26)42(38,39)27-16-17-28(40-3)29(21-27)41-4/h7-17,21,23H,5-6,18-20,22H2,1-4H3,(H,33,37). The highest BCUT2D eigenvalue weighted by Crippen LogP contribution is 2.32. The van der Waals surface area contributed by atoms with Gasteiger partial charge in [-0.1, -0.05) is 43.7 Å². The van der Waals surface area contributed by atoms with Crippen LogP contribution in [0.2, 0.25) is 0 Å². The summed E-state index contributed by atoms with van der Waals surface area (Å²) in [5.74, 6) is -0.963. The molecule has 42 heavy (non-hydrogen) atoms. The Morgan fingerprint density at radius 2 is 1.62 bits per heavy atom. The second-order valence-corrected chi connectivity index (χ2v) is 11.5. The molecule has 0 aromatic heterocycles. The van der Waals surface area contributed by atoms with Gasteiger partial charge >= 0.3 is 0 Å². The molecule has 0 spiro atoms. The molecular weight excluding hydrogens is 561 g/mol. The molecule has 0 aliphatic rings. The molecule has 3 aromatic rings. The molecule has 0 bridgehead atoms. The minimum Gasteiger partial charge on any atom is -0.493 e. The second kappa shape index (κ2) is 15.2. The highest BCUT2D eigenvalue weighted by atomic mass is 32.2. The van der Waals surface area contributed by atoms with Crippen LogP contribution in [-0.2, 0) is 26.0 Å². The molecule has 0 heterocycles. The quantitative estimate of drug-likeness (QED) is 0.260. The van der Waals surface area contributed by atoms with E-state index in [2.05, 4.69) is 5.32 Å². The lowest BCUT2D eigenvalue weighted by atomic mass is 10.1. The van der Waals surface area contributed by atoms with E-state index in [1.807, 2.05) is 37.3 Å². The highest BCUT2D eigenvalue weighted by Gasteiger charge is 2.33. The van der Waals surface area contributed by atoms with Crippen LogP contribution in [-0.4, -0.2) is 65.0 Å². The molecule has 0 saturated heterocycles. The number of methoxy groups -OCH3 is 2. The first-order valence-corrected chi connectivity index (χ1v) is 15.2. The Labute approximate surface area is 247 Å². The molecule has 0 aliphatic carbocycles. The molecule has 0 saturated carbocycles.